The summed E-state index contributed by atoms with van der Waals surface area (Å²) in [5, 5.41) is 3.46. The Morgan fingerprint density at radius 2 is 2.06 bits per heavy atom. The average molecular weight is 216 g/mol. The van der Waals surface area contributed by atoms with Gasteiger partial charge in [0, 0.05) is 17.8 Å². The van der Waals surface area contributed by atoms with Gasteiger partial charge in [0.2, 0.25) is 0 Å². The molecule has 1 aliphatic carbocycles. The molecule has 2 heteroatoms. The van der Waals surface area contributed by atoms with Crippen molar-refractivity contribution >= 4 is 0 Å². The fraction of sp³-hybridized carbons (Fsp3) is 0.643. The van der Waals surface area contributed by atoms with Crippen LogP contribution in [0.5, 0.6) is 0 Å². The first-order chi connectivity index (χ1) is 7.95. The van der Waals surface area contributed by atoms with Crippen molar-refractivity contribution in [2.45, 2.75) is 38.0 Å². The van der Waals surface area contributed by atoms with Crippen molar-refractivity contribution < 1.29 is 0 Å². The minimum Gasteiger partial charge on any atom is -0.317 e. The number of piperidine rings is 1. The Morgan fingerprint density at radius 1 is 1.19 bits per heavy atom. The highest BCUT2D eigenvalue weighted by molar-refractivity contribution is 5.26. The lowest BCUT2D eigenvalue weighted by molar-refractivity contribution is 0.291. The van der Waals surface area contributed by atoms with Crippen molar-refractivity contribution in [3.8, 4) is 0 Å². The second-order valence-electron chi connectivity index (χ2n) is 5.13. The molecule has 1 aromatic rings. The first-order valence-electron chi connectivity index (χ1n) is 6.59. The SMILES string of the molecule is c1cnc2c(c1)CCCC2C1CCNCC1. The fourth-order valence-electron chi connectivity index (χ4n) is 3.35. The molecule has 1 saturated heterocycles. The molecule has 0 amide bonds. The normalized spacial score (nSPS) is 26.4. The fourth-order valence-corrected chi connectivity index (χ4v) is 3.35. The molecule has 16 heavy (non-hydrogen) atoms. The van der Waals surface area contributed by atoms with Crippen LogP contribution in [0, 0.1) is 5.92 Å². The van der Waals surface area contributed by atoms with E-state index in [4.69, 9.17) is 0 Å². The molecular weight excluding hydrogens is 196 g/mol. The number of nitrogens with zero attached hydrogens (tertiary/aromatic N) is 1. The van der Waals surface area contributed by atoms with E-state index < -0.39 is 0 Å². The smallest absolute Gasteiger partial charge is 0.0469 e. The molecule has 2 heterocycles. The molecule has 0 saturated carbocycles. The number of hydrogen-bond acceptors (Lipinski definition) is 2. The highest BCUT2D eigenvalue weighted by Crippen LogP contribution is 2.38. The Kier molecular flexibility index (Phi) is 2.92. The zero-order valence-corrected chi connectivity index (χ0v) is 9.78. The number of aryl methyl sites for hydroxylation is 1. The molecule has 0 aromatic carbocycles. The third kappa shape index (κ3) is 1.86. The highest BCUT2D eigenvalue weighted by Gasteiger charge is 2.29. The number of hydrogen-bond donors (Lipinski definition) is 1. The van der Waals surface area contributed by atoms with Crippen molar-refractivity contribution in [3.05, 3.63) is 29.6 Å². The van der Waals surface area contributed by atoms with Gasteiger partial charge in [0.1, 0.15) is 0 Å². The lowest BCUT2D eigenvalue weighted by atomic mass is 9.75. The summed E-state index contributed by atoms with van der Waals surface area (Å²) >= 11 is 0. The van der Waals surface area contributed by atoms with Crippen LogP contribution in [0.1, 0.15) is 42.9 Å². The van der Waals surface area contributed by atoms with Crippen molar-refractivity contribution in [1.82, 2.24) is 10.3 Å². The maximum Gasteiger partial charge on any atom is 0.0469 e. The molecular formula is C14H20N2. The van der Waals surface area contributed by atoms with Gasteiger partial charge >= 0.3 is 0 Å². The summed E-state index contributed by atoms with van der Waals surface area (Å²) in [4.78, 5) is 4.66. The molecule has 1 fully saturated rings. The molecule has 1 unspecified atom stereocenters. The third-order valence-electron chi connectivity index (χ3n) is 4.19. The quantitative estimate of drug-likeness (QED) is 0.780. The van der Waals surface area contributed by atoms with Crippen molar-refractivity contribution in [1.29, 1.82) is 0 Å². The van der Waals surface area contributed by atoms with Crippen LogP contribution < -0.4 is 5.32 Å². The number of rotatable bonds is 1. The molecule has 0 radical (unpaired) electrons. The second kappa shape index (κ2) is 4.54. The van der Waals surface area contributed by atoms with Gasteiger partial charge in [-0.1, -0.05) is 6.07 Å². The van der Waals surface area contributed by atoms with Crippen LogP contribution in [0.2, 0.25) is 0 Å². The molecule has 0 bridgehead atoms. The van der Waals surface area contributed by atoms with E-state index in [0.717, 1.165) is 11.8 Å². The zero-order chi connectivity index (χ0) is 10.8. The predicted octanol–water partition coefficient (Wildman–Crippen LogP) is 2.50. The Labute approximate surface area is 97.5 Å². The standard InChI is InChI=1S/C14H20N2/c1-3-12-4-2-8-16-14(12)13(5-1)11-6-9-15-10-7-11/h2,4,8,11,13,15H,1,3,5-7,9-10H2. The summed E-state index contributed by atoms with van der Waals surface area (Å²) in [5.41, 5.74) is 2.93. The molecule has 1 N–H and O–H groups in total. The Balaban J connectivity index is 1.86. The minimum atomic E-state index is 0.743. The largest absolute Gasteiger partial charge is 0.317 e. The van der Waals surface area contributed by atoms with Crippen LogP contribution in [0.25, 0.3) is 0 Å². The maximum atomic E-state index is 4.66. The van der Waals surface area contributed by atoms with E-state index in [-0.39, 0.29) is 0 Å². The Bertz CT molecular complexity index is 356. The highest BCUT2D eigenvalue weighted by atomic mass is 14.9. The van der Waals surface area contributed by atoms with Crippen molar-refractivity contribution in [3.63, 3.8) is 0 Å². The Morgan fingerprint density at radius 3 is 2.94 bits per heavy atom. The molecule has 1 aliphatic heterocycles. The van der Waals surface area contributed by atoms with Crippen LogP contribution >= 0.6 is 0 Å². The van der Waals surface area contributed by atoms with Gasteiger partial charge in [-0.05, 0) is 62.7 Å². The van der Waals surface area contributed by atoms with Gasteiger partial charge in [-0.25, -0.2) is 0 Å². The van der Waals surface area contributed by atoms with Crippen LogP contribution in [0.15, 0.2) is 18.3 Å². The van der Waals surface area contributed by atoms with Crippen molar-refractivity contribution in [2.75, 3.05) is 13.1 Å². The minimum absolute atomic E-state index is 0.743. The van der Waals surface area contributed by atoms with Gasteiger partial charge in [0.15, 0.2) is 0 Å². The molecule has 1 aromatic heterocycles. The molecule has 2 nitrogen and oxygen atoms in total. The summed E-state index contributed by atoms with van der Waals surface area (Å²) in [7, 11) is 0. The number of nitrogens with one attached hydrogen (secondary N) is 1. The third-order valence-corrected chi connectivity index (χ3v) is 4.19. The topological polar surface area (TPSA) is 24.9 Å². The summed E-state index contributed by atoms with van der Waals surface area (Å²) in [5.74, 6) is 1.61. The van der Waals surface area contributed by atoms with E-state index in [1.807, 2.05) is 6.20 Å². The molecule has 86 valence electrons. The van der Waals surface area contributed by atoms with E-state index in [1.165, 1.54) is 56.5 Å². The number of aromatic nitrogens is 1. The Hall–Kier alpha value is -0.890. The van der Waals surface area contributed by atoms with Gasteiger partial charge in [-0.15, -0.1) is 0 Å². The number of pyridine rings is 1. The van der Waals surface area contributed by atoms with E-state index in [2.05, 4.69) is 22.4 Å². The predicted molar refractivity (Wildman–Crippen MR) is 65.5 cm³/mol. The summed E-state index contributed by atoms with van der Waals surface area (Å²) in [6, 6.07) is 4.36. The van der Waals surface area contributed by atoms with E-state index >= 15 is 0 Å². The van der Waals surface area contributed by atoms with E-state index in [0.29, 0.717) is 0 Å². The van der Waals surface area contributed by atoms with Crippen molar-refractivity contribution in [2.24, 2.45) is 5.92 Å². The van der Waals surface area contributed by atoms with Gasteiger partial charge in [0.25, 0.3) is 0 Å². The van der Waals surface area contributed by atoms with Crippen LogP contribution in [0.3, 0.4) is 0 Å². The first-order valence-corrected chi connectivity index (χ1v) is 6.59. The average Bonchev–Trinajstić information content (AvgIpc) is 2.39. The van der Waals surface area contributed by atoms with E-state index in [9.17, 15) is 0 Å². The zero-order valence-electron chi connectivity index (χ0n) is 9.78. The molecule has 1 atom stereocenters. The monoisotopic (exact) mass is 216 g/mol. The van der Waals surface area contributed by atoms with Gasteiger partial charge in [-0.2, -0.15) is 0 Å². The summed E-state index contributed by atoms with van der Waals surface area (Å²) < 4.78 is 0. The van der Waals surface area contributed by atoms with Crippen LogP contribution in [-0.4, -0.2) is 18.1 Å². The molecule has 2 aliphatic rings. The number of fused-ring (bicyclic) bond motifs is 1. The van der Waals surface area contributed by atoms with Gasteiger partial charge in [0.05, 0.1) is 0 Å². The van der Waals surface area contributed by atoms with E-state index in [1.54, 1.807) is 0 Å². The molecule has 3 rings (SSSR count). The first kappa shape index (κ1) is 10.3. The van der Waals surface area contributed by atoms with Gasteiger partial charge in [-0.3, -0.25) is 4.98 Å². The lowest BCUT2D eigenvalue weighted by Crippen LogP contribution is -2.32. The summed E-state index contributed by atoms with van der Waals surface area (Å²) in [6.45, 7) is 2.40. The summed E-state index contributed by atoms with van der Waals surface area (Å²) in [6.07, 6.45) is 8.59. The maximum absolute atomic E-state index is 4.66. The molecule has 0 spiro atoms. The lowest BCUT2D eigenvalue weighted by Gasteiger charge is -2.34. The second-order valence-corrected chi connectivity index (χ2v) is 5.13. The van der Waals surface area contributed by atoms with Crippen LogP contribution in [-0.2, 0) is 6.42 Å². The van der Waals surface area contributed by atoms with Crippen LogP contribution in [0.4, 0.5) is 0 Å². The van der Waals surface area contributed by atoms with Gasteiger partial charge < -0.3 is 5.32 Å².